The van der Waals surface area contributed by atoms with E-state index in [2.05, 4.69) is 10.6 Å². The third-order valence-corrected chi connectivity index (χ3v) is 4.90. The van der Waals surface area contributed by atoms with Crippen molar-refractivity contribution in [3.8, 4) is 0 Å². The van der Waals surface area contributed by atoms with E-state index >= 15 is 0 Å². The van der Waals surface area contributed by atoms with Crippen LogP contribution in [0.3, 0.4) is 0 Å². The van der Waals surface area contributed by atoms with Crippen molar-refractivity contribution in [2.45, 2.75) is 32.9 Å². The normalized spacial score (nSPS) is 12.9. The molecule has 2 N–H and O–H groups in total. The van der Waals surface area contributed by atoms with Crippen LogP contribution in [0.4, 0.5) is 5.69 Å². The number of nitro benzene ring substituents is 1. The Kier molecular flexibility index (Phi) is 7.59. The maximum atomic E-state index is 12.8. The number of carbonyl (C=O) groups is 2. The minimum Gasteiger partial charge on any atom is -0.348 e. The van der Waals surface area contributed by atoms with Crippen molar-refractivity contribution in [1.29, 1.82) is 0 Å². The van der Waals surface area contributed by atoms with Gasteiger partial charge < -0.3 is 10.6 Å². The second-order valence-electron chi connectivity index (χ2n) is 6.90. The van der Waals surface area contributed by atoms with Crippen LogP contribution in [0.2, 0.25) is 10.0 Å². The fourth-order valence-electron chi connectivity index (χ4n) is 2.72. The first-order chi connectivity index (χ1) is 13.6. The number of carbonyl (C=O) groups excluding carboxylic acids is 2. The van der Waals surface area contributed by atoms with Crippen LogP contribution < -0.4 is 10.6 Å². The third kappa shape index (κ3) is 5.92. The molecule has 0 radical (unpaired) electrons. The summed E-state index contributed by atoms with van der Waals surface area (Å²) in [6, 6.07) is 9.69. The fourth-order valence-corrected chi connectivity index (χ4v) is 3.10. The molecule has 29 heavy (non-hydrogen) atoms. The monoisotopic (exact) mass is 437 g/mol. The average Bonchev–Trinajstić information content (AvgIpc) is 2.65. The number of nitrogens with zero attached hydrogens (tertiary/aromatic N) is 1. The lowest BCUT2D eigenvalue weighted by atomic mass is 10.0. The van der Waals surface area contributed by atoms with Gasteiger partial charge in [0.1, 0.15) is 11.1 Å². The molecule has 0 bridgehead atoms. The molecule has 0 heterocycles. The second kappa shape index (κ2) is 9.71. The summed E-state index contributed by atoms with van der Waals surface area (Å²) in [5.74, 6) is -1.19. The van der Waals surface area contributed by atoms with Crippen LogP contribution in [0.5, 0.6) is 0 Å². The summed E-state index contributed by atoms with van der Waals surface area (Å²) in [4.78, 5) is 35.7. The molecule has 7 nitrogen and oxygen atoms in total. The summed E-state index contributed by atoms with van der Waals surface area (Å²) in [5, 5.41) is 17.0. The molecule has 154 valence electrons. The van der Waals surface area contributed by atoms with Gasteiger partial charge in [0.05, 0.1) is 11.0 Å². The summed E-state index contributed by atoms with van der Waals surface area (Å²) >= 11 is 11.8. The van der Waals surface area contributed by atoms with E-state index in [1.807, 2.05) is 13.0 Å². The number of hydrogen-bond donors (Lipinski definition) is 2. The van der Waals surface area contributed by atoms with Gasteiger partial charge in [-0.15, -0.1) is 0 Å². The zero-order chi connectivity index (χ0) is 21.7. The number of hydrogen-bond acceptors (Lipinski definition) is 4. The van der Waals surface area contributed by atoms with Crippen LogP contribution in [0.15, 0.2) is 42.5 Å². The molecule has 0 aromatic heterocycles. The van der Waals surface area contributed by atoms with Crippen LogP contribution in [0.1, 0.15) is 42.7 Å². The smallest absolute Gasteiger partial charge is 0.288 e. The molecule has 0 aliphatic heterocycles. The number of rotatable bonds is 7. The summed E-state index contributed by atoms with van der Waals surface area (Å²) in [7, 11) is 0. The molecule has 2 aromatic rings. The van der Waals surface area contributed by atoms with E-state index in [1.165, 1.54) is 12.1 Å². The summed E-state index contributed by atoms with van der Waals surface area (Å²) < 4.78 is 0. The molecular weight excluding hydrogens is 417 g/mol. The van der Waals surface area contributed by atoms with E-state index in [1.54, 1.807) is 32.0 Å². The molecule has 0 saturated heterocycles. The van der Waals surface area contributed by atoms with Crippen molar-refractivity contribution in [1.82, 2.24) is 10.6 Å². The van der Waals surface area contributed by atoms with Crippen LogP contribution >= 0.6 is 23.2 Å². The van der Waals surface area contributed by atoms with Crippen molar-refractivity contribution in [3.63, 3.8) is 0 Å². The Bertz CT molecular complexity index is 934. The number of benzene rings is 2. The highest BCUT2D eigenvalue weighted by Crippen LogP contribution is 2.25. The summed E-state index contributed by atoms with van der Waals surface area (Å²) in [6.45, 7) is 5.39. The maximum Gasteiger partial charge on any atom is 0.288 e. The minimum absolute atomic E-state index is 0.0439. The van der Waals surface area contributed by atoms with E-state index in [4.69, 9.17) is 23.2 Å². The molecule has 9 heteroatoms. The van der Waals surface area contributed by atoms with Gasteiger partial charge in [0.2, 0.25) is 5.91 Å². The lowest BCUT2D eigenvalue weighted by Crippen LogP contribution is -2.50. The average molecular weight is 438 g/mol. The molecule has 2 unspecified atom stereocenters. The van der Waals surface area contributed by atoms with Crippen LogP contribution in [-0.2, 0) is 4.79 Å². The van der Waals surface area contributed by atoms with Crippen molar-refractivity contribution in [2.24, 2.45) is 5.92 Å². The van der Waals surface area contributed by atoms with E-state index in [0.717, 1.165) is 11.6 Å². The highest BCUT2D eigenvalue weighted by atomic mass is 35.5. The number of amides is 2. The molecule has 0 aliphatic carbocycles. The zero-order valence-corrected chi connectivity index (χ0v) is 17.6. The Morgan fingerprint density at radius 1 is 1.03 bits per heavy atom. The Labute approximate surface area is 178 Å². The first kappa shape index (κ1) is 22.6. The molecule has 0 saturated carbocycles. The van der Waals surface area contributed by atoms with E-state index in [-0.39, 0.29) is 34.1 Å². The first-order valence-corrected chi connectivity index (χ1v) is 9.66. The SMILES string of the molecule is CC(NC(=O)C(NC(=O)c1ccc(Cl)c([N+](=O)[O-])c1)C(C)C)c1cccc(Cl)c1. The Morgan fingerprint density at radius 3 is 2.31 bits per heavy atom. The van der Waals surface area contributed by atoms with Gasteiger partial charge in [-0.2, -0.15) is 0 Å². The number of nitrogens with one attached hydrogen (secondary N) is 2. The van der Waals surface area contributed by atoms with E-state index < -0.39 is 16.9 Å². The van der Waals surface area contributed by atoms with Gasteiger partial charge in [-0.25, -0.2) is 0 Å². The van der Waals surface area contributed by atoms with E-state index in [9.17, 15) is 19.7 Å². The predicted octanol–water partition coefficient (Wildman–Crippen LogP) is 4.53. The predicted molar refractivity (Wildman–Crippen MR) is 112 cm³/mol. The van der Waals surface area contributed by atoms with Gasteiger partial charge >= 0.3 is 0 Å². The van der Waals surface area contributed by atoms with Gasteiger partial charge in [0.15, 0.2) is 0 Å². The molecule has 2 amide bonds. The molecule has 0 fully saturated rings. The molecule has 2 atom stereocenters. The van der Waals surface area contributed by atoms with Crippen molar-refractivity contribution < 1.29 is 14.5 Å². The number of nitro groups is 1. The molecule has 2 rings (SSSR count). The zero-order valence-electron chi connectivity index (χ0n) is 16.1. The number of halogens is 2. The van der Waals surface area contributed by atoms with Gasteiger partial charge in [0, 0.05) is 16.7 Å². The maximum absolute atomic E-state index is 12.8. The molecular formula is C20H21Cl2N3O4. The summed E-state index contributed by atoms with van der Waals surface area (Å²) in [5.41, 5.74) is 0.495. The largest absolute Gasteiger partial charge is 0.348 e. The lowest BCUT2D eigenvalue weighted by molar-refractivity contribution is -0.384. The second-order valence-corrected chi connectivity index (χ2v) is 7.75. The Morgan fingerprint density at radius 2 is 1.72 bits per heavy atom. The van der Waals surface area contributed by atoms with Crippen molar-refractivity contribution in [2.75, 3.05) is 0 Å². The lowest BCUT2D eigenvalue weighted by Gasteiger charge is -2.24. The van der Waals surface area contributed by atoms with Gasteiger partial charge in [-0.05, 0) is 42.7 Å². The van der Waals surface area contributed by atoms with Crippen LogP contribution in [0.25, 0.3) is 0 Å². The standard InChI is InChI=1S/C20H21Cl2N3O4/c1-11(2)18(20(27)23-12(3)13-5-4-6-15(21)9-13)24-19(26)14-7-8-16(22)17(10-14)25(28)29/h4-12,18H,1-3H3,(H,23,27)(H,24,26). The van der Waals surface area contributed by atoms with Crippen molar-refractivity contribution in [3.05, 3.63) is 73.8 Å². The molecule has 2 aromatic carbocycles. The Balaban J connectivity index is 2.15. The molecule has 0 aliphatic rings. The quantitative estimate of drug-likeness (QED) is 0.490. The minimum atomic E-state index is -0.834. The van der Waals surface area contributed by atoms with Crippen molar-refractivity contribution >= 4 is 40.7 Å². The van der Waals surface area contributed by atoms with Gasteiger partial charge in [-0.1, -0.05) is 49.2 Å². The van der Waals surface area contributed by atoms with Crippen LogP contribution in [-0.4, -0.2) is 22.8 Å². The van der Waals surface area contributed by atoms with Gasteiger partial charge in [0.25, 0.3) is 11.6 Å². The topological polar surface area (TPSA) is 101 Å². The van der Waals surface area contributed by atoms with E-state index in [0.29, 0.717) is 5.02 Å². The Hall–Kier alpha value is -2.64. The third-order valence-electron chi connectivity index (χ3n) is 4.35. The molecule has 0 spiro atoms. The highest BCUT2D eigenvalue weighted by molar-refractivity contribution is 6.32. The fraction of sp³-hybridized carbons (Fsp3) is 0.300. The van der Waals surface area contributed by atoms with Gasteiger partial charge in [-0.3, -0.25) is 19.7 Å². The highest BCUT2D eigenvalue weighted by Gasteiger charge is 2.27. The summed E-state index contributed by atoms with van der Waals surface area (Å²) in [6.07, 6.45) is 0. The first-order valence-electron chi connectivity index (χ1n) is 8.90. The van der Waals surface area contributed by atoms with Crippen LogP contribution in [0, 0.1) is 16.0 Å².